The summed E-state index contributed by atoms with van der Waals surface area (Å²) in [7, 11) is 0. The van der Waals surface area contributed by atoms with Gasteiger partial charge in [0.15, 0.2) is 0 Å². The van der Waals surface area contributed by atoms with Gasteiger partial charge in [0.25, 0.3) is 11.7 Å². The summed E-state index contributed by atoms with van der Waals surface area (Å²) < 4.78 is 0. The third kappa shape index (κ3) is 3.42. The Kier molecular flexibility index (Phi) is 5.17. The van der Waals surface area contributed by atoms with Crippen molar-refractivity contribution in [3.63, 3.8) is 0 Å². The van der Waals surface area contributed by atoms with Crippen molar-refractivity contribution in [1.82, 2.24) is 0 Å². The van der Waals surface area contributed by atoms with Crippen LogP contribution in [0.25, 0.3) is 16.5 Å². The number of carbonyl (C=O) groups is 2. The normalized spacial score (nSPS) is 17.5. The van der Waals surface area contributed by atoms with E-state index < -0.39 is 17.7 Å². The van der Waals surface area contributed by atoms with Gasteiger partial charge in [-0.1, -0.05) is 60.7 Å². The van der Waals surface area contributed by atoms with Crippen LogP contribution in [0, 0.1) is 13.8 Å². The van der Waals surface area contributed by atoms with Gasteiger partial charge in [-0.25, -0.2) is 0 Å². The van der Waals surface area contributed by atoms with Crippen molar-refractivity contribution in [2.45, 2.75) is 19.9 Å². The van der Waals surface area contributed by atoms with Gasteiger partial charge in [-0.3, -0.25) is 14.5 Å². The quantitative estimate of drug-likeness (QED) is 0.236. The molecule has 0 saturated carbocycles. The van der Waals surface area contributed by atoms with Gasteiger partial charge in [0.2, 0.25) is 0 Å². The Hall–Kier alpha value is -4.38. The number of carbonyl (C=O) groups excluding carboxylic acids is 2. The van der Waals surface area contributed by atoms with E-state index in [2.05, 4.69) is 0 Å². The first kappa shape index (κ1) is 21.5. The first-order valence-electron chi connectivity index (χ1n) is 11.0. The average molecular weight is 450 g/mol. The summed E-state index contributed by atoms with van der Waals surface area (Å²) in [4.78, 5) is 28.2. The molecule has 2 N–H and O–H groups in total. The summed E-state index contributed by atoms with van der Waals surface area (Å²) in [6.45, 7) is 3.85. The average Bonchev–Trinajstić information content (AvgIpc) is 3.11. The number of rotatable bonds is 3. The predicted molar refractivity (Wildman–Crippen MR) is 133 cm³/mol. The Labute approximate surface area is 197 Å². The summed E-state index contributed by atoms with van der Waals surface area (Å²) >= 11 is 0. The molecule has 4 aromatic carbocycles. The van der Waals surface area contributed by atoms with E-state index in [-0.39, 0.29) is 17.1 Å². The van der Waals surface area contributed by atoms with Crippen LogP contribution in [0.3, 0.4) is 0 Å². The Morgan fingerprint density at radius 3 is 2.26 bits per heavy atom. The van der Waals surface area contributed by atoms with Crippen LogP contribution in [0.15, 0.2) is 90.5 Å². The highest BCUT2D eigenvalue weighted by Crippen LogP contribution is 2.43. The number of aryl methyl sites for hydroxylation is 1. The van der Waals surface area contributed by atoms with E-state index in [0.29, 0.717) is 16.8 Å². The zero-order valence-electron chi connectivity index (χ0n) is 18.8. The van der Waals surface area contributed by atoms with Gasteiger partial charge in [0, 0.05) is 11.3 Å². The van der Waals surface area contributed by atoms with Gasteiger partial charge >= 0.3 is 0 Å². The summed E-state index contributed by atoms with van der Waals surface area (Å²) in [5.74, 6) is -1.60. The van der Waals surface area contributed by atoms with Crippen molar-refractivity contribution >= 4 is 33.9 Å². The largest absolute Gasteiger partial charge is 0.508 e. The molecule has 0 aromatic heterocycles. The lowest BCUT2D eigenvalue weighted by Gasteiger charge is -2.27. The Morgan fingerprint density at radius 2 is 1.53 bits per heavy atom. The molecule has 1 fully saturated rings. The number of anilines is 1. The van der Waals surface area contributed by atoms with Crippen molar-refractivity contribution < 1.29 is 19.8 Å². The van der Waals surface area contributed by atoms with E-state index >= 15 is 0 Å². The molecule has 5 heteroatoms. The van der Waals surface area contributed by atoms with Crippen LogP contribution >= 0.6 is 0 Å². The standard InChI is InChI=1S/C29H23NO4/c1-17-6-5-9-24(18(17)2)30-26(20-12-14-23(31)15-13-20)25(28(33)29(30)34)27(32)22-11-10-19-7-3-4-8-21(19)16-22/h3-16,26,31-32H,1-2H3/b27-25-. The molecule has 0 aliphatic carbocycles. The topological polar surface area (TPSA) is 77.8 Å². The van der Waals surface area contributed by atoms with Crippen LogP contribution < -0.4 is 4.90 Å². The Morgan fingerprint density at radius 1 is 0.824 bits per heavy atom. The van der Waals surface area contributed by atoms with E-state index in [1.54, 1.807) is 24.3 Å². The van der Waals surface area contributed by atoms with E-state index in [1.165, 1.54) is 17.0 Å². The number of phenols is 1. The van der Waals surface area contributed by atoms with Gasteiger partial charge in [0.05, 0.1) is 11.6 Å². The highest BCUT2D eigenvalue weighted by molar-refractivity contribution is 6.51. The maximum absolute atomic E-state index is 13.4. The molecule has 1 aliphatic rings. The number of ketones is 1. The second-order valence-electron chi connectivity index (χ2n) is 8.54. The Bertz CT molecular complexity index is 1480. The van der Waals surface area contributed by atoms with Crippen molar-refractivity contribution in [2.75, 3.05) is 4.90 Å². The van der Waals surface area contributed by atoms with E-state index in [4.69, 9.17) is 0 Å². The third-order valence-corrected chi connectivity index (χ3v) is 6.51. The molecule has 1 aliphatic heterocycles. The highest BCUT2D eigenvalue weighted by Gasteiger charge is 2.47. The molecule has 1 heterocycles. The van der Waals surface area contributed by atoms with Gasteiger partial charge in [-0.05, 0) is 65.6 Å². The molecule has 0 spiro atoms. The third-order valence-electron chi connectivity index (χ3n) is 6.51. The van der Waals surface area contributed by atoms with Crippen LogP contribution in [-0.4, -0.2) is 21.9 Å². The maximum atomic E-state index is 13.4. The smallest absolute Gasteiger partial charge is 0.300 e. The van der Waals surface area contributed by atoms with Crippen LogP contribution in [0.5, 0.6) is 5.75 Å². The number of aromatic hydroxyl groups is 1. The molecule has 34 heavy (non-hydrogen) atoms. The number of hydrogen-bond acceptors (Lipinski definition) is 4. The van der Waals surface area contributed by atoms with Crippen molar-refractivity contribution in [3.8, 4) is 5.75 Å². The summed E-state index contributed by atoms with van der Waals surface area (Å²) in [6.07, 6.45) is 0. The summed E-state index contributed by atoms with van der Waals surface area (Å²) in [5.41, 5.74) is 3.56. The number of aliphatic hydroxyl groups is 1. The van der Waals surface area contributed by atoms with E-state index in [1.807, 2.05) is 62.4 Å². The predicted octanol–water partition coefficient (Wildman–Crippen LogP) is 5.79. The van der Waals surface area contributed by atoms with E-state index in [9.17, 15) is 19.8 Å². The molecule has 5 nitrogen and oxygen atoms in total. The Balaban J connectivity index is 1.75. The molecule has 0 radical (unpaired) electrons. The molecule has 1 amide bonds. The minimum Gasteiger partial charge on any atom is -0.508 e. The van der Waals surface area contributed by atoms with Crippen LogP contribution in [0.2, 0.25) is 0 Å². The lowest BCUT2D eigenvalue weighted by atomic mass is 9.94. The number of aliphatic hydroxyl groups excluding tert-OH is 1. The molecule has 0 bridgehead atoms. The van der Waals surface area contributed by atoms with Crippen LogP contribution in [0.4, 0.5) is 5.69 Å². The second kappa shape index (κ2) is 8.19. The molecule has 1 atom stereocenters. The fourth-order valence-corrected chi connectivity index (χ4v) is 4.54. The lowest BCUT2D eigenvalue weighted by molar-refractivity contribution is -0.132. The van der Waals surface area contributed by atoms with Gasteiger partial charge in [-0.2, -0.15) is 0 Å². The monoisotopic (exact) mass is 449 g/mol. The highest BCUT2D eigenvalue weighted by atomic mass is 16.3. The van der Waals surface area contributed by atoms with Crippen molar-refractivity contribution in [3.05, 3.63) is 113 Å². The number of nitrogens with zero attached hydrogens (tertiary/aromatic N) is 1. The number of phenolic OH excluding ortho intramolecular Hbond substituents is 1. The first-order chi connectivity index (χ1) is 16.4. The van der Waals surface area contributed by atoms with Crippen LogP contribution in [0.1, 0.15) is 28.3 Å². The molecule has 4 aromatic rings. The molecular weight excluding hydrogens is 426 g/mol. The van der Waals surface area contributed by atoms with Crippen molar-refractivity contribution in [1.29, 1.82) is 0 Å². The summed E-state index contributed by atoms with van der Waals surface area (Å²) in [6, 6.07) is 24.3. The molecule has 1 saturated heterocycles. The number of benzene rings is 4. The molecule has 5 rings (SSSR count). The first-order valence-corrected chi connectivity index (χ1v) is 11.0. The van der Waals surface area contributed by atoms with E-state index in [0.717, 1.165) is 21.9 Å². The number of Topliss-reactive ketones (excluding diaryl/α,β-unsaturated/α-hetero) is 1. The minimum absolute atomic E-state index is 0.0203. The maximum Gasteiger partial charge on any atom is 0.300 e. The lowest BCUT2D eigenvalue weighted by Crippen LogP contribution is -2.30. The molecule has 1 unspecified atom stereocenters. The molecule has 168 valence electrons. The van der Waals surface area contributed by atoms with Gasteiger partial charge in [0.1, 0.15) is 11.5 Å². The SMILES string of the molecule is Cc1cccc(N2C(=O)C(=O)/C(=C(\O)c3ccc4ccccc4c3)C2c2ccc(O)cc2)c1C. The van der Waals surface area contributed by atoms with Gasteiger partial charge < -0.3 is 10.2 Å². The second-order valence-corrected chi connectivity index (χ2v) is 8.54. The number of amides is 1. The number of fused-ring (bicyclic) bond motifs is 1. The number of hydrogen-bond donors (Lipinski definition) is 2. The zero-order valence-corrected chi connectivity index (χ0v) is 18.8. The fourth-order valence-electron chi connectivity index (χ4n) is 4.54. The zero-order chi connectivity index (χ0) is 24.0. The van der Waals surface area contributed by atoms with Gasteiger partial charge in [-0.15, -0.1) is 0 Å². The molecular formula is C29H23NO4. The van der Waals surface area contributed by atoms with Crippen molar-refractivity contribution in [2.24, 2.45) is 0 Å². The minimum atomic E-state index is -0.840. The summed E-state index contributed by atoms with van der Waals surface area (Å²) in [5, 5.41) is 23.1. The fraction of sp³-hybridized carbons (Fsp3) is 0.103. The van der Waals surface area contributed by atoms with Crippen LogP contribution in [-0.2, 0) is 9.59 Å².